The quantitative estimate of drug-likeness (QED) is 0.368. The van der Waals surface area contributed by atoms with Crippen molar-refractivity contribution >= 4 is 0 Å². The summed E-state index contributed by atoms with van der Waals surface area (Å²) in [7, 11) is 0. The first-order valence-electron chi connectivity index (χ1n) is 1.80. The number of aromatic nitrogens is 1. The predicted octanol–water partition coefficient (Wildman–Crippen LogP) is -2.59. The highest BCUT2D eigenvalue weighted by molar-refractivity contribution is 4.72. The SMILES string of the molecule is Cc1coc[nH+]1.[Cl-]. The molecule has 0 aliphatic heterocycles. The van der Waals surface area contributed by atoms with E-state index < -0.39 is 0 Å². The summed E-state index contributed by atoms with van der Waals surface area (Å²) in [5.74, 6) is 0. The van der Waals surface area contributed by atoms with Crippen molar-refractivity contribution in [2.45, 2.75) is 6.92 Å². The Kier molecular flexibility index (Phi) is 2.45. The molecule has 1 N–H and O–H groups in total. The summed E-state index contributed by atoms with van der Waals surface area (Å²) < 4.78 is 4.66. The van der Waals surface area contributed by atoms with Crippen molar-refractivity contribution in [1.82, 2.24) is 0 Å². The molecule has 0 unspecified atom stereocenters. The molecular formula is C4H6ClNO. The topological polar surface area (TPSA) is 27.3 Å². The van der Waals surface area contributed by atoms with Crippen molar-refractivity contribution in [1.29, 1.82) is 0 Å². The Bertz CT molecular complexity index is 115. The van der Waals surface area contributed by atoms with Gasteiger partial charge in [0, 0.05) is 6.92 Å². The standard InChI is InChI=1S/C4H5NO.ClH/c1-4-2-6-3-5-4;/h2-3H,1H3;1H. The van der Waals surface area contributed by atoms with Crippen LogP contribution in [0.2, 0.25) is 0 Å². The van der Waals surface area contributed by atoms with Crippen LogP contribution in [0.5, 0.6) is 0 Å². The van der Waals surface area contributed by atoms with Gasteiger partial charge in [-0.15, -0.1) is 0 Å². The van der Waals surface area contributed by atoms with Crippen molar-refractivity contribution in [3.05, 3.63) is 18.4 Å². The number of nitrogens with one attached hydrogen (secondary N) is 1. The summed E-state index contributed by atoms with van der Waals surface area (Å²) in [5, 5.41) is 0. The van der Waals surface area contributed by atoms with Crippen LogP contribution in [-0.4, -0.2) is 0 Å². The number of H-pyrrole nitrogens is 1. The number of aromatic amines is 1. The fraction of sp³-hybridized carbons (Fsp3) is 0.250. The number of oxazole rings is 1. The molecule has 1 aromatic rings. The van der Waals surface area contributed by atoms with Gasteiger partial charge in [0.15, 0.2) is 6.26 Å². The summed E-state index contributed by atoms with van der Waals surface area (Å²) >= 11 is 0. The van der Waals surface area contributed by atoms with Gasteiger partial charge in [-0.2, -0.15) is 4.98 Å². The minimum atomic E-state index is 0. The largest absolute Gasteiger partial charge is 1.00 e. The molecule has 0 spiro atoms. The minimum Gasteiger partial charge on any atom is -1.00 e. The second-order valence-electron chi connectivity index (χ2n) is 1.20. The van der Waals surface area contributed by atoms with Crippen LogP contribution in [0, 0.1) is 6.92 Å². The maximum Gasteiger partial charge on any atom is 0.332 e. The van der Waals surface area contributed by atoms with E-state index in [2.05, 4.69) is 9.40 Å². The minimum absolute atomic E-state index is 0. The van der Waals surface area contributed by atoms with Crippen LogP contribution in [0.25, 0.3) is 0 Å². The fourth-order valence-corrected chi connectivity index (χ4v) is 0.297. The first-order valence-corrected chi connectivity index (χ1v) is 1.80. The molecule has 0 saturated carbocycles. The van der Waals surface area contributed by atoms with Gasteiger partial charge in [-0.1, -0.05) is 0 Å². The zero-order chi connectivity index (χ0) is 4.41. The van der Waals surface area contributed by atoms with Gasteiger partial charge in [0.1, 0.15) is 0 Å². The Balaban J connectivity index is 0.000000360. The van der Waals surface area contributed by atoms with E-state index in [-0.39, 0.29) is 12.4 Å². The number of aryl methyl sites for hydroxylation is 1. The molecule has 2 nitrogen and oxygen atoms in total. The van der Waals surface area contributed by atoms with E-state index >= 15 is 0 Å². The van der Waals surface area contributed by atoms with Gasteiger partial charge in [-0.25, -0.2) is 0 Å². The molecule has 0 bridgehead atoms. The lowest BCUT2D eigenvalue weighted by Crippen LogP contribution is -3.00. The molecule has 0 radical (unpaired) electrons. The summed E-state index contributed by atoms with van der Waals surface area (Å²) in [5.41, 5.74) is 1.05. The highest BCUT2D eigenvalue weighted by Crippen LogP contribution is 1.79. The molecular weight excluding hydrogens is 114 g/mol. The zero-order valence-corrected chi connectivity index (χ0v) is 4.70. The van der Waals surface area contributed by atoms with Gasteiger partial charge < -0.3 is 16.8 Å². The van der Waals surface area contributed by atoms with Crippen LogP contribution in [0.3, 0.4) is 0 Å². The highest BCUT2D eigenvalue weighted by Gasteiger charge is 1.86. The molecule has 0 saturated heterocycles. The molecule has 0 aromatic carbocycles. The lowest BCUT2D eigenvalue weighted by atomic mass is 10.6. The maximum atomic E-state index is 4.66. The van der Waals surface area contributed by atoms with Gasteiger partial charge in [0.25, 0.3) is 0 Å². The van der Waals surface area contributed by atoms with Crippen LogP contribution in [0.1, 0.15) is 5.69 Å². The summed E-state index contributed by atoms with van der Waals surface area (Å²) in [6, 6.07) is 0. The molecule has 1 aromatic heterocycles. The van der Waals surface area contributed by atoms with Crippen LogP contribution < -0.4 is 17.4 Å². The van der Waals surface area contributed by atoms with Gasteiger partial charge in [-0.05, 0) is 0 Å². The van der Waals surface area contributed by atoms with E-state index in [1.807, 2.05) is 6.92 Å². The first kappa shape index (κ1) is 6.50. The highest BCUT2D eigenvalue weighted by atomic mass is 35.5. The van der Waals surface area contributed by atoms with E-state index in [0.29, 0.717) is 0 Å². The third kappa shape index (κ3) is 1.59. The second-order valence-corrected chi connectivity index (χ2v) is 1.20. The summed E-state index contributed by atoms with van der Waals surface area (Å²) in [6.07, 6.45) is 3.19. The van der Waals surface area contributed by atoms with E-state index in [1.54, 1.807) is 6.26 Å². The van der Waals surface area contributed by atoms with E-state index in [9.17, 15) is 0 Å². The number of hydrogen-bond donors (Lipinski definition) is 0. The third-order valence-electron chi connectivity index (χ3n) is 0.599. The second kappa shape index (κ2) is 2.64. The zero-order valence-electron chi connectivity index (χ0n) is 3.94. The van der Waals surface area contributed by atoms with Crippen molar-refractivity contribution in [3.8, 4) is 0 Å². The molecule has 0 aliphatic carbocycles. The lowest BCUT2D eigenvalue weighted by Gasteiger charge is -1.53. The molecule has 1 heterocycles. The monoisotopic (exact) mass is 119 g/mol. The number of rotatable bonds is 0. The fourth-order valence-electron chi connectivity index (χ4n) is 0.297. The molecule has 1 rings (SSSR count). The van der Waals surface area contributed by atoms with Crippen molar-refractivity contribution in [2.24, 2.45) is 0 Å². The summed E-state index contributed by atoms with van der Waals surface area (Å²) in [4.78, 5) is 2.83. The summed E-state index contributed by atoms with van der Waals surface area (Å²) in [6.45, 7) is 1.93. The Labute approximate surface area is 48.0 Å². The van der Waals surface area contributed by atoms with Gasteiger partial charge in [0.2, 0.25) is 5.69 Å². The molecule has 0 amide bonds. The molecule has 0 fully saturated rings. The smallest absolute Gasteiger partial charge is 0.332 e. The predicted molar refractivity (Wildman–Crippen MR) is 20.0 cm³/mol. The number of halogens is 1. The molecule has 0 aliphatic rings. The average molecular weight is 120 g/mol. The van der Waals surface area contributed by atoms with Crippen LogP contribution >= 0.6 is 0 Å². The van der Waals surface area contributed by atoms with Crippen molar-refractivity contribution < 1.29 is 21.8 Å². The Hall–Kier alpha value is -0.500. The number of hydrogen-bond acceptors (Lipinski definition) is 1. The van der Waals surface area contributed by atoms with E-state index in [4.69, 9.17) is 0 Å². The van der Waals surface area contributed by atoms with Crippen molar-refractivity contribution in [3.63, 3.8) is 0 Å². The lowest BCUT2D eigenvalue weighted by molar-refractivity contribution is -0.392. The molecule has 40 valence electrons. The Morgan fingerprint density at radius 3 is 2.57 bits per heavy atom. The van der Waals surface area contributed by atoms with Gasteiger partial charge in [-0.3, -0.25) is 0 Å². The Morgan fingerprint density at radius 1 is 1.71 bits per heavy atom. The van der Waals surface area contributed by atoms with Crippen LogP contribution in [0.15, 0.2) is 17.1 Å². The Morgan fingerprint density at radius 2 is 2.43 bits per heavy atom. The molecule has 7 heavy (non-hydrogen) atoms. The maximum absolute atomic E-state index is 4.66. The first-order chi connectivity index (χ1) is 2.89. The van der Waals surface area contributed by atoms with Gasteiger partial charge >= 0.3 is 6.39 Å². The normalized spacial score (nSPS) is 7.57. The van der Waals surface area contributed by atoms with Crippen LogP contribution in [0.4, 0.5) is 0 Å². The third-order valence-corrected chi connectivity index (χ3v) is 0.599. The van der Waals surface area contributed by atoms with Gasteiger partial charge in [0.05, 0.1) is 0 Å². The van der Waals surface area contributed by atoms with E-state index in [0.717, 1.165) is 5.69 Å². The molecule has 0 atom stereocenters. The van der Waals surface area contributed by atoms with Crippen molar-refractivity contribution in [2.75, 3.05) is 0 Å². The molecule has 3 heteroatoms. The average Bonchev–Trinajstić information content (AvgIpc) is 1.86. The van der Waals surface area contributed by atoms with E-state index in [1.165, 1.54) is 6.39 Å². The van der Waals surface area contributed by atoms with Crippen LogP contribution in [-0.2, 0) is 0 Å².